The van der Waals surface area contributed by atoms with E-state index < -0.39 is 0 Å². The van der Waals surface area contributed by atoms with Gasteiger partial charge in [-0.2, -0.15) is 0 Å². The zero-order valence-electron chi connectivity index (χ0n) is 20.2. The first-order valence-electron chi connectivity index (χ1n) is 11.8. The van der Waals surface area contributed by atoms with E-state index in [1.165, 1.54) is 5.56 Å². The third-order valence-corrected chi connectivity index (χ3v) is 6.94. The maximum absolute atomic E-state index is 13.8. The smallest absolute Gasteiger partial charge is 0.254 e. The van der Waals surface area contributed by atoms with Gasteiger partial charge in [0.15, 0.2) is 0 Å². The number of pyridine rings is 1. The first-order valence-corrected chi connectivity index (χ1v) is 12.6. The monoisotopic (exact) mass is 529 g/mol. The number of piperazine rings is 1. The SMILES string of the molecule is CC(C)(C)c1ccc(-c2cc(C(=O)N3CCN(c4ncccn4)CC3)c3cc(Br)ccc3n2)cc1. The van der Waals surface area contributed by atoms with Gasteiger partial charge < -0.3 is 9.80 Å². The molecule has 1 fully saturated rings. The molecule has 0 atom stereocenters. The molecule has 0 saturated carbocycles. The van der Waals surface area contributed by atoms with E-state index in [0.29, 0.717) is 37.7 Å². The lowest BCUT2D eigenvalue weighted by atomic mass is 9.86. The molecule has 1 aliphatic heterocycles. The molecule has 7 heteroatoms. The number of benzene rings is 2. The zero-order valence-corrected chi connectivity index (χ0v) is 21.8. The predicted octanol–water partition coefficient (Wildman–Crippen LogP) is 5.71. The summed E-state index contributed by atoms with van der Waals surface area (Å²) in [5.74, 6) is 0.732. The number of carbonyl (C=O) groups is 1. The Hall–Kier alpha value is -3.32. The average Bonchev–Trinajstić information content (AvgIpc) is 2.88. The molecule has 6 nitrogen and oxygen atoms in total. The Kier molecular flexibility index (Phi) is 6.28. The van der Waals surface area contributed by atoms with E-state index in [-0.39, 0.29) is 11.3 Å². The van der Waals surface area contributed by atoms with Crippen LogP contribution in [0.15, 0.2) is 71.5 Å². The molecule has 4 aromatic rings. The highest BCUT2D eigenvalue weighted by atomic mass is 79.9. The van der Waals surface area contributed by atoms with Crippen molar-refractivity contribution in [3.63, 3.8) is 0 Å². The van der Waals surface area contributed by atoms with E-state index >= 15 is 0 Å². The van der Waals surface area contributed by atoms with Crippen molar-refractivity contribution in [3.8, 4) is 11.3 Å². The molecular weight excluding hydrogens is 502 g/mol. The Balaban J connectivity index is 1.47. The molecule has 0 aliphatic carbocycles. The quantitative estimate of drug-likeness (QED) is 0.340. The molecule has 5 rings (SSSR count). The maximum Gasteiger partial charge on any atom is 0.254 e. The van der Waals surface area contributed by atoms with Crippen molar-refractivity contribution in [2.75, 3.05) is 31.1 Å². The Morgan fingerprint density at radius 2 is 1.60 bits per heavy atom. The van der Waals surface area contributed by atoms with Crippen molar-refractivity contribution < 1.29 is 4.79 Å². The van der Waals surface area contributed by atoms with Crippen LogP contribution in [-0.2, 0) is 5.41 Å². The number of hydrogen-bond acceptors (Lipinski definition) is 5. The first kappa shape index (κ1) is 23.4. The number of rotatable bonds is 3. The van der Waals surface area contributed by atoms with Crippen LogP contribution in [0, 0.1) is 0 Å². The normalized spacial score (nSPS) is 14.4. The predicted molar refractivity (Wildman–Crippen MR) is 144 cm³/mol. The summed E-state index contributed by atoms with van der Waals surface area (Å²) in [6.45, 7) is 9.24. The summed E-state index contributed by atoms with van der Waals surface area (Å²) in [5.41, 5.74) is 4.64. The first-order chi connectivity index (χ1) is 16.8. The molecule has 0 N–H and O–H groups in total. The van der Waals surface area contributed by atoms with E-state index in [1.807, 2.05) is 35.2 Å². The maximum atomic E-state index is 13.8. The molecule has 0 spiro atoms. The van der Waals surface area contributed by atoms with Gasteiger partial charge in [-0.15, -0.1) is 0 Å². The molecule has 35 heavy (non-hydrogen) atoms. The van der Waals surface area contributed by atoms with Crippen LogP contribution in [0.4, 0.5) is 5.95 Å². The molecule has 1 amide bonds. The van der Waals surface area contributed by atoms with Gasteiger partial charge in [-0.1, -0.05) is 61.0 Å². The molecule has 1 saturated heterocycles. The van der Waals surface area contributed by atoms with E-state index in [9.17, 15) is 4.79 Å². The van der Waals surface area contributed by atoms with Gasteiger partial charge in [0.1, 0.15) is 0 Å². The Labute approximate surface area is 214 Å². The second-order valence-corrected chi connectivity index (χ2v) is 10.8. The van der Waals surface area contributed by atoms with E-state index in [4.69, 9.17) is 4.98 Å². The van der Waals surface area contributed by atoms with Crippen molar-refractivity contribution in [2.24, 2.45) is 0 Å². The molecule has 1 aliphatic rings. The number of anilines is 1. The number of aromatic nitrogens is 3. The largest absolute Gasteiger partial charge is 0.337 e. The molecule has 3 heterocycles. The minimum atomic E-state index is 0.0247. The van der Waals surface area contributed by atoms with Crippen molar-refractivity contribution >= 4 is 38.7 Å². The van der Waals surface area contributed by atoms with Crippen LogP contribution >= 0.6 is 15.9 Å². The lowest BCUT2D eigenvalue weighted by Crippen LogP contribution is -2.49. The van der Waals surface area contributed by atoms with E-state index in [1.54, 1.807) is 12.4 Å². The van der Waals surface area contributed by atoms with Gasteiger partial charge >= 0.3 is 0 Å². The van der Waals surface area contributed by atoms with Crippen LogP contribution in [-0.4, -0.2) is 51.9 Å². The molecular formula is C28H28BrN5O. The van der Waals surface area contributed by atoms with Crippen LogP contribution < -0.4 is 4.90 Å². The summed E-state index contributed by atoms with van der Waals surface area (Å²) in [6, 6.07) is 18.2. The van der Waals surface area contributed by atoms with Gasteiger partial charge in [0, 0.05) is 54.0 Å². The summed E-state index contributed by atoms with van der Waals surface area (Å²) in [5, 5.41) is 0.855. The fourth-order valence-electron chi connectivity index (χ4n) is 4.40. The summed E-state index contributed by atoms with van der Waals surface area (Å²) < 4.78 is 0.925. The second-order valence-electron chi connectivity index (χ2n) is 9.87. The van der Waals surface area contributed by atoms with Gasteiger partial charge in [-0.3, -0.25) is 4.79 Å². The zero-order chi connectivity index (χ0) is 24.6. The van der Waals surface area contributed by atoms with Crippen LogP contribution in [0.3, 0.4) is 0 Å². The van der Waals surface area contributed by atoms with E-state index in [0.717, 1.165) is 26.6 Å². The molecule has 0 bridgehead atoms. The molecule has 2 aromatic heterocycles. The fraction of sp³-hybridized carbons (Fsp3) is 0.286. The van der Waals surface area contributed by atoms with Crippen molar-refractivity contribution in [3.05, 3.63) is 82.6 Å². The van der Waals surface area contributed by atoms with Crippen LogP contribution in [0.25, 0.3) is 22.2 Å². The van der Waals surface area contributed by atoms with Crippen LogP contribution in [0.1, 0.15) is 36.7 Å². The highest BCUT2D eigenvalue weighted by Gasteiger charge is 2.25. The van der Waals surface area contributed by atoms with Gasteiger partial charge in [0.05, 0.1) is 16.8 Å². The molecule has 178 valence electrons. The Bertz CT molecular complexity index is 1360. The topological polar surface area (TPSA) is 62.2 Å². The van der Waals surface area contributed by atoms with Gasteiger partial charge in [-0.05, 0) is 41.3 Å². The second kappa shape index (κ2) is 9.38. The molecule has 0 unspecified atom stereocenters. The summed E-state index contributed by atoms with van der Waals surface area (Å²) in [4.78, 5) is 31.4. The number of fused-ring (bicyclic) bond motifs is 1. The minimum Gasteiger partial charge on any atom is -0.337 e. The van der Waals surface area contributed by atoms with Crippen molar-refractivity contribution in [2.45, 2.75) is 26.2 Å². The summed E-state index contributed by atoms with van der Waals surface area (Å²) >= 11 is 3.56. The Morgan fingerprint density at radius 1 is 0.914 bits per heavy atom. The van der Waals surface area contributed by atoms with E-state index in [2.05, 4.69) is 75.8 Å². The van der Waals surface area contributed by atoms with Crippen molar-refractivity contribution in [1.29, 1.82) is 0 Å². The van der Waals surface area contributed by atoms with Gasteiger partial charge in [0.25, 0.3) is 5.91 Å². The van der Waals surface area contributed by atoms with Gasteiger partial charge in [0.2, 0.25) is 5.95 Å². The average molecular weight is 530 g/mol. The summed E-state index contributed by atoms with van der Waals surface area (Å²) in [6.07, 6.45) is 3.49. The number of nitrogens with zero attached hydrogens (tertiary/aromatic N) is 5. The fourth-order valence-corrected chi connectivity index (χ4v) is 4.76. The Morgan fingerprint density at radius 3 is 2.26 bits per heavy atom. The number of carbonyl (C=O) groups excluding carboxylic acids is 1. The highest BCUT2D eigenvalue weighted by Crippen LogP contribution is 2.30. The van der Waals surface area contributed by atoms with Crippen LogP contribution in [0.2, 0.25) is 0 Å². The number of halogens is 1. The van der Waals surface area contributed by atoms with Crippen molar-refractivity contribution in [1.82, 2.24) is 19.9 Å². The van der Waals surface area contributed by atoms with Gasteiger partial charge in [-0.25, -0.2) is 15.0 Å². The molecule has 2 aromatic carbocycles. The highest BCUT2D eigenvalue weighted by molar-refractivity contribution is 9.10. The third kappa shape index (κ3) is 4.91. The minimum absolute atomic E-state index is 0.0247. The number of hydrogen-bond donors (Lipinski definition) is 0. The standard InChI is InChI=1S/C28H28BrN5O/c1-28(2,3)20-7-5-19(6-8-20)25-18-23(22-17-21(29)9-10-24(22)32-25)26(35)33-13-15-34(16-14-33)27-30-11-4-12-31-27/h4-12,17-18H,13-16H2,1-3H3. The van der Waals surface area contributed by atoms with Crippen LogP contribution in [0.5, 0.6) is 0 Å². The lowest BCUT2D eigenvalue weighted by Gasteiger charge is -2.35. The number of amides is 1. The lowest BCUT2D eigenvalue weighted by molar-refractivity contribution is 0.0748. The summed E-state index contributed by atoms with van der Waals surface area (Å²) in [7, 11) is 0. The third-order valence-electron chi connectivity index (χ3n) is 6.45. The molecule has 0 radical (unpaired) electrons.